The first kappa shape index (κ1) is 18.5. The molecule has 0 radical (unpaired) electrons. The van der Waals surface area contributed by atoms with E-state index in [2.05, 4.69) is 22.0 Å². The number of hydrogen-bond donors (Lipinski definition) is 0. The molecule has 7 heteroatoms. The number of hydrogen-bond acceptors (Lipinski definition) is 6. The summed E-state index contributed by atoms with van der Waals surface area (Å²) in [7, 11) is 0. The van der Waals surface area contributed by atoms with E-state index < -0.39 is 5.97 Å². The van der Waals surface area contributed by atoms with Crippen molar-refractivity contribution in [2.24, 2.45) is 0 Å². The third kappa shape index (κ3) is 4.68. The van der Waals surface area contributed by atoms with Crippen LogP contribution in [0.2, 0.25) is 0 Å². The van der Waals surface area contributed by atoms with Gasteiger partial charge in [0.2, 0.25) is 0 Å². The summed E-state index contributed by atoms with van der Waals surface area (Å²) < 4.78 is 5.19. The molecule has 3 rings (SSSR count). The molecule has 1 aliphatic heterocycles. The van der Waals surface area contributed by atoms with Gasteiger partial charge < -0.3 is 9.64 Å². The maximum Gasteiger partial charge on any atom is 0.350 e. The molecule has 0 unspecified atom stereocenters. The van der Waals surface area contributed by atoms with Crippen LogP contribution in [-0.4, -0.2) is 59.4 Å². The summed E-state index contributed by atoms with van der Waals surface area (Å²) in [5, 5.41) is 0.815. The van der Waals surface area contributed by atoms with Crippen LogP contribution in [0.4, 0.5) is 0 Å². The predicted molar refractivity (Wildman–Crippen MR) is 100 cm³/mol. The molecule has 0 atom stereocenters. The molecule has 6 nitrogen and oxygen atoms in total. The van der Waals surface area contributed by atoms with E-state index in [9.17, 15) is 9.59 Å². The molecular weight excluding hydrogens is 350 g/mol. The van der Waals surface area contributed by atoms with E-state index in [0.717, 1.165) is 24.6 Å². The summed E-state index contributed by atoms with van der Waals surface area (Å²) in [6.07, 6.45) is 0. The molecule has 1 aromatic heterocycles. The van der Waals surface area contributed by atoms with Gasteiger partial charge in [-0.2, -0.15) is 0 Å². The smallest absolute Gasteiger partial charge is 0.350 e. The molecule has 1 saturated heterocycles. The van der Waals surface area contributed by atoms with Crippen molar-refractivity contribution in [3.8, 4) is 0 Å². The lowest BCUT2D eigenvalue weighted by atomic mass is 10.2. The topological polar surface area (TPSA) is 62.7 Å². The van der Waals surface area contributed by atoms with Crippen LogP contribution in [0.25, 0.3) is 0 Å². The molecule has 1 aliphatic rings. The zero-order chi connectivity index (χ0) is 18.5. The molecule has 0 saturated carbocycles. The molecule has 138 valence electrons. The number of ether oxygens (including phenoxy) is 1. The second-order valence-electron chi connectivity index (χ2n) is 6.37. The van der Waals surface area contributed by atoms with Gasteiger partial charge in [-0.15, -0.1) is 11.3 Å². The fraction of sp³-hybridized carbons (Fsp3) is 0.421. The molecule has 1 aromatic carbocycles. The van der Waals surface area contributed by atoms with Crippen molar-refractivity contribution in [2.75, 3.05) is 32.8 Å². The fourth-order valence-corrected chi connectivity index (χ4v) is 3.82. The van der Waals surface area contributed by atoms with Crippen LogP contribution >= 0.6 is 11.3 Å². The quantitative estimate of drug-likeness (QED) is 0.753. The third-order valence-corrected chi connectivity index (χ3v) is 5.44. The zero-order valence-corrected chi connectivity index (χ0v) is 15.9. The van der Waals surface area contributed by atoms with Gasteiger partial charge in [-0.05, 0) is 19.4 Å². The van der Waals surface area contributed by atoms with Gasteiger partial charge in [0.05, 0.1) is 10.7 Å². The van der Waals surface area contributed by atoms with E-state index in [1.165, 1.54) is 16.9 Å². The zero-order valence-electron chi connectivity index (χ0n) is 15.1. The number of benzene rings is 1. The van der Waals surface area contributed by atoms with Crippen molar-refractivity contribution >= 4 is 23.2 Å². The molecule has 2 aromatic rings. The number of nitrogens with zero attached hydrogens (tertiary/aromatic N) is 3. The number of thiazole rings is 1. The van der Waals surface area contributed by atoms with Crippen molar-refractivity contribution in [3.63, 3.8) is 0 Å². The molecule has 0 aliphatic carbocycles. The Morgan fingerprint density at radius 2 is 1.81 bits per heavy atom. The number of aryl methyl sites for hydroxylation is 2. The minimum absolute atomic E-state index is 0.142. The van der Waals surface area contributed by atoms with Gasteiger partial charge in [0.25, 0.3) is 5.91 Å². The van der Waals surface area contributed by atoms with Gasteiger partial charge in [0, 0.05) is 32.7 Å². The summed E-state index contributed by atoms with van der Waals surface area (Å²) in [5.41, 5.74) is 1.93. The van der Waals surface area contributed by atoms with E-state index in [-0.39, 0.29) is 12.5 Å². The minimum atomic E-state index is -0.468. The molecule has 26 heavy (non-hydrogen) atoms. The molecular formula is C19H23N3O3S. The van der Waals surface area contributed by atoms with Gasteiger partial charge in [-0.25, -0.2) is 9.78 Å². The normalized spacial score (nSPS) is 15.1. The monoisotopic (exact) mass is 373 g/mol. The van der Waals surface area contributed by atoms with Crippen molar-refractivity contribution in [3.05, 3.63) is 51.5 Å². The van der Waals surface area contributed by atoms with Crippen LogP contribution in [-0.2, 0) is 16.1 Å². The number of carbonyl (C=O) groups excluding carboxylic acids is 2. The SMILES string of the molecule is Cc1nc(C)c(C(=O)OCC(=O)N2CCN(Cc3ccccc3)CC2)s1. The highest BCUT2D eigenvalue weighted by Crippen LogP contribution is 2.18. The van der Waals surface area contributed by atoms with Crippen molar-refractivity contribution in [1.82, 2.24) is 14.8 Å². The summed E-state index contributed by atoms with van der Waals surface area (Å²) in [4.78, 5) is 33.2. The summed E-state index contributed by atoms with van der Waals surface area (Å²) in [6, 6.07) is 10.3. The highest BCUT2D eigenvalue weighted by atomic mass is 32.1. The highest BCUT2D eigenvalue weighted by molar-refractivity contribution is 7.13. The van der Waals surface area contributed by atoms with Gasteiger partial charge in [0.1, 0.15) is 4.88 Å². The standard InChI is InChI=1S/C19H23N3O3S/c1-14-18(26-15(2)20-14)19(24)25-13-17(23)22-10-8-21(9-11-22)12-16-6-4-3-5-7-16/h3-7H,8-13H2,1-2H3. The van der Waals surface area contributed by atoms with Crippen molar-refractivity contribution < 1.29 is 14.3 Å². The van der Waals surface area contributed by atoms with Crippen molar-refractivity contribution in [1.29, 1.82) is 0 Å². The molecule has 2 heterocycles. The molecule has 0 spiro atoms. The second kappa shape index (κ2) is 8.42. The van der Waals surface area contributed by atoms with Gasteiger partial charge >= 0.3 is 5.97 Å². The molecule has 0 N–H and O–H groups in total. The lowest BCUT2D eigenvalue weighted by molar-refractivity contribution is -0.136. The maximum absolute atomic E-state index is 12.3. The van der Waals surface area contributed by atoms with Crippen LogP contribution in [0.1, 0.15) is 25.9 Å². The largest absolute Gasteiger partial charge is 0.451 e. The Kier molecular flexibility index (Phi) is 6.00. The predicted octanol–water partition coefficient (Wildman–Crippen LogP) is 2.26. The van der Waals surface area contributed by atoms with Crippen LogP contribution in [0.3, 0.4) is 0 Å². The molecule has 1 amide bonds. The van der Waals surface area contributed by atoms with Crippen LogP contribution in [0.15, 0.2) is 30.3 Å². The number of aromatic nitrogens is 1. The Morgan fingerprint density at radius 1 is 1.12 bits per heavy atom. The van der Waals surface area contributed by atoms with Crippen molar-refractivity contribution in [2.45, 2.75) is 20.4 Å². The Bertz CT molecular complexity index is 768. The van der Waals surface area contributed by atoms with E-state index in [1.807, 2.05) is 25.1 Å². The first-order chi connectivity index (χ1) is 12.5. The lowest BCUT2D eigenvalue weighted by Crippen LogP contribution is -2.49. The number of rotatable bonds is 5. The summed E-state index contributed by atoms with van der Waals surface area (Å²) in [6.45, 7) is 7.24. The van der Waals surface area contributed by atoms with E-state index in [4.69, 9.17) is 4.74 Å². The van der Waals surface area contributed by atoms with E-state index in [0.29, 0.717) is 23.7 Å². The Morgan fingerprint density at radius 3 is 2.42 bits per heavy atom. The average Bonchev–Trinajstić information content (AvgIpc) is 2.99. The summed E-state index contributed by atoms with van der Waals surface area (Å²) in [5.74, 6) is -0.610. The van der Waals surface area contributed by atoms with Crippen LogP contribution in [0.5, 0.6) is 0 Å². The third-order valence-electron chi connectivity index (χ3n) is 4.39. The average molecular weight is 373 g/mol. The number of piperazine rings is 1. The second-order valence-corrected chi connectivity index (χ2v) is 7.57. The highest BCUT2D eigenvalue weighted by Gasteiger charge is 2.23. The maximum atomic E-state index is 12.3. The molecule has 0 bridgehead atoms. The minimum Gasteiger partial charge on any atom is -0.451 e. The van der Waals surface area contributed by atoms with Gasteiger partial charge in [-0.1, -0.05) is 30.3 Å². The lowest BCUT2D eigenvalue weighted by Gasteiger charge is -2.34. The van der Waals surface area contributed by atoms with E-state index in [1.54, 1.807) is 11.8 Å². The Balaban J connectivity index is 1.43. The van der Waals surface area contributed by atoms with Gasteiger partial charge in [-0.3, -0.25) is 9.69 Å². The first-order valence-electron chi connectivity index (χ1n) is 8.68. The number of amides is 1. The summed E-state index contributed by atoms with van der Waals surface area (Å²) >= 11 is 1.29. The Hall–Kier alpha value is -2.25. The van der Waals surface area contributed by atoms with E-state index >= 15 is 0 Å². The number of esters is 1. The fourth-order valence-electron chi connectivity index (χ4n) is 3.00. The van der Waals surface area contributed by atoms with Gasteiger partial charge in [0.15, 0.2) is 6.61 Å². The first-order valence-corrected chi connectivity index (χ1v) is 9.50. The van der Waals surface area contributed by atoms with Crippen LogP contribution < -0.4 is 0 Å². The number of carbonyl (C=O) groups is 2. The Labute approximate surface area is 157 Å². The molecule has 1 fully saturated rings. The van der Waals surface area contributed by atoms with Crippen LogP contribution in [0, 0.1) is 13.8 Å².